The van der Waals surface area contributed by atoms with Gasteiger partial charge < -0.3 is 10.4 Å². The Morgan fingerprint density at radius 3 is 2.66 bits per heavy atom. The molecule has 2 N–H and O–H groups in total. The quantitative estimate of drug-likeness (QED) is 0.304. The van der Waals surface area contributed by atoms with Gasteiger partial charge >= 0.3 is 5.97 Å². The molecule has 0 spiro atoms. The van der Waals surface area contributed by atoms with Crippen molar-refractivity contribution in [3.05, 3.63) is 57.7 Å². The number of aromatic nitrogens is 2. The van der Waals surface area contributed by atoms with Gasteiger partial charge in [-0.05, 0) is 68.4 Å². The third-order valence-electron chi connectivity index (χ3n) is 6.62. The fourth-order valence-corrected chi connectivity index (χ4v) is 6.19. The Hall–Kier alpha value is -2.65. The molecule has 0 radical (unpaired) electrons. The number of nitrogens with one attached hydrogen (secondary N) is 1. The smallest absolute Gasteiger partial charge is 0.306 e. The number of hydrogen-bond acceptors (Lipinski definition) is 6. The molecule has 0 unspecified atom stereocenters. The standard InChI is InChI=1S/C26H31N3O4S2/c1-17(7-8-18-5-3-2-4-6-18)27-22(30)16-35-26-28-21-13-14-34-23(21)24(31)29(26)15-19-9-11-20(12-10-19)25(32)33/h2-6,13-14,17,19-20H,7-12,15-16H2,1H3,(H,27,30)(H,32,33)/t17-,19?,20?/m0/s1. The van der Waals surface area contributed by atoms with Crippen LogP contribution in [0.15, 0.2) is 51.7 Å². The van der Waals surface area contributed by atoms with Gasteiger partial charge in [0.1, 0.15) is 4.70 Å². The number of rotatable bonds is 10. The van der Waals surface area contributed by atoms with Crippen molar-refractivity contribution in [1.29, 1.82) is 0 Å². The molecular weight excluding hydrogens is 482 g/mol. The van der Waals surface area contributed by atoms with Gasteiger partial charge in [-0.1, -0.05) is 42.1 Å². The highest BCUT2D eigenvalue weighted by Crippen LogP contribution is 2.31. The van der Waals surface area contributed by atoms with Crippen LogP contribution in [0.2, 0.25) is 0 Å². The van der Waals surface area contributed by atoms with Crippen LogP contribution in [0, 0.1) is 11.8 Å². The number of thiophene rings is 1. The Bertz CT molecular complexity index is 1220. The normalized spacial score (nSPS) is 18.9. The first-order chi connectivity index (χ1) is 16.9. The Morgan fingerprint density at radius 2 is 1.94 bits per heavy atom. The number of amides is 1. The van der Waals surface area contributed by atoms with Gasteiger partial charge in [0.25, 0.3) is 5.56 Å². The van der Waals surface area contributed by atoms with Crippen LogP contribution in [0.3, 0.4) is 0 Å². The zero-order valence-corrected chi connectivity index (χ0v) is 21.4. The molecule has 2 heterocycles. The summed E-state index contributed by atoms with van der Waals surface area (Å²) in [5.74, 6) is -0.689. The lowest BCUT2D eigenvalue weighted by atomic mass is 9.82. The number of hydrogen-bond donors (Lipinski definition) is 2. The molecule has 0 saturated heterocycles. The number of carboxylic acid groups (broad SMARTS) is 1. The predicted octanol–water partition coefficient (Wildman–Crippen LogP) is 4.58. The molecule has 1 aromatic carbocycles. The maximum absolute atomic E-state index is 13.2. The Labute approximate surface area is 213 Å². The first-order valence-corrected chi connectivity index (χ1v) is 13.9. The van der Waals surface area contributed by atoms with Crippen molar-refractivity contribution in [3.8, 4) is 0 Å². The van der Waals surface area contributed by atoms with Crippen molar-refractivity contribution < 1.29 is 14.7 Å². The van der Waals surface area contributed by atoms with Crippen molar-refractivity contribution in [3.63, 3.8) is 0 Å². The molecule has 9 heteroatoms. The zero-order valence-electron chi connectivity index (χ0n) is 19.8. The molecule has 1 aliphatic rings. The monoisotopic (exact) mass is 513 g/mol. The minimum atomic E-state index is -0.734. The lowest BCUT2D eigenvalue weighted by molar-refractivity contribution is -0.143. The highest BCUT2D eigenvalue weighted by Gasteiger charge is 2.27. The number of carbonyl (C=O) groups excluding carboxylic acids is 1. The van der Waals surface area contributed by atoms with Crippen LogP contribution >= 0.6 is 23.1 Å². The van der Waals surface area contributed by atoms with Crippen LogP contribution in [-0.2, 0) is 22.6 Å². The van der Waals surface area contributed by atoms with E-state index < -0.39 is 5.97 Å². The van der Waals surface area contributed by atoms with E-state index >= 15 is 0 Å². The molecule has 1 saturated carbocycles. The predicted molar refractivity (Wildman–Crippen MR) is 140 cm³/mol. The van der Waals surface area contributed by atoms with E-state index in [1.54, 1.807) is 4.57 Å². The number of benzene rings is 1. The summed E-state index contributed by atoms with van der Waals surface area (Å²) in [5.41, 5.74) is 1.83. The molecule has 4 rings (SSSR count). The van der Waals surface area contributed by atoms with Crippen LogP contribution < -0.4 is 10.9 Å². The summed E-state index contributed by atoms with van der Waals surface area (Å²) in [6.45, 7) is 2.51. The fraction of sp³-hybridized carbons (Fsp3) is 0.462. The third kappa shape index (κ3) is 6.73. The number of nitrogens with zero attached hydrogens (tertiary/aromatic N) is 2. The van der Waals surface area contributed by atoms with Crippen LogP contribution in [0.1, 0.15) is 44.6 Å². The topological polar surface area (TPSA) is 101 Å². The van der Waals surface area contributed by atoms with E-state index in [0.29, 0.717) is 34.8 Å². The van der Waals surface area contributed by atoms with Gasteiger partial charge in [0.2, 0.25) is 5.91 Å². The summed E-state index contributed by atoms with van der Waals surface area (Å²) in [7, 11) is 0. The number of carboxylic acids is 1. The minimum absolute atomic E-state index is 0.0437. The average Bonchev–Trinajstić information content (AvgIpc) is 3.33. The first kappa shape index (κ1) is 25.4. The number of thioether (sulfide) groups is 1. The van der Waals surface area contributed by atoms with E-state index in [1.807, 2.05) is 36.6 Å². The molecule has 1 fully saturated rings. The van der Waals surface area contributed by atoms with E-state index in [-0.39, 0.29) is 35.1 Å². The van der Waals surface area contributed by atoms with Gasteiger partial charge in [0.05, 0.1) is 17.2 Å². The van der Waals surface area contributed by atoms with Crippen LogP contribution in [0.25, 0.3) is 10.2 Å². The van der Waals surface area contributed by atoms with E-state index in [9.17, 15) is 19.5 Å². The molecular formula is C26H31N3O4S2. The van der Waals surface area contributed by atoms with Gasteiger partial charge in [0, 0.05) is 12.6 Å². The van der Waals surface area contributed by atoms with E-state index in [2.05, 4.69) is 17.4 Å². The Kier molecular flexibility index (Phi) is 8.62. The number of carbonyl (C=O) groups is 2. The van der Waals surface area contributed by atoms with Gasteiger partial charge in [-0.3, -0.25) is 19.0 Å². The summed E-state index contributed by atoms with van der Waals surface area (Å²) < 4.78 is 2.31. The lowest BCUT2D eigenvalue weighted by Crippen LogP contribution is -2.34. The van der Waals surface area contributed by atoms with Gasteiger partial charge in [-0.25, -0.2) is 4.98 Å². The largest absolute Gasteiger partial charge is 0.481 e. The van der Waals surface area contributed by atoms with Crippen molar-refractivity contribution in [1.82, 2.24) is 14.9 Å². The van der Waals surface area contributed by atoms with Gasteiger partial charge in [-0.15, -0.1) is 11.3 Å². The van der Waals surface area contributed by atoms with Crippen LogP contribution in [-0.4, -0.2) is 38.3 Å². The molecule has 3 aromatic rings. The number of aryl methyl sites for hydroxylation is 1. The maximum atomic E-state index is 13.2. The van der Waals surface area contributed by atoms with Crippen molar-refractivity contribution in [2.24, 2.45) is 11.8 Å². The van der Waals surface area contributed by atoms with Gasteiger partial charge in [-0.2, -0.15) is 0 Å². The molecule has 1 aliphatic carbocycles. The van der Waals surface area contributed by atoms with E-state index in [4.69, 9.17) is 4.98 Å². The molecule has 0 aliphatic heterocycles. The third-order valence-corrected chi connectivity index (χ3v) is 8.48. The van der Waals surface area contributed by atoms with Crippen molar-refractivity contribution in [2.45, 2.75) is 63.2 Å². The zero-order chi connectivity index (χ0) is 24.8. The fourth-order valence-electron chi connectivity index (χ4n) is 4.59. The summed E-state index contributed by atoms with van der Waals surface area (Å²) in [6, 6.07) is 12.1. The molecule has 1 amide bonds. The van der Waals surface area contributed by atoms with E-state index in [1.165, 1.54) is 28.7 Å². The number of fused-ring (bicyclic) bond motifs is 1. The van der Waals surface area contributed by atoms with Crippen molar-refractivity contribution in [2.75, 3.05) is 5.75 Å². The minimum Gasteiger partial charge on any atom is -0.481 e. The SMILES string of the molecule is C[C@@H](CCc1ccccc1)NC(=O)CSc1nc2ccsc2c(=O)n1CC1CCC(C(=O)O)CC1. The first-order valence-electron chi connectivity index (χ1n) is 12.1. The molecule has 7 nitrogen and oxygen atoms in total. The molecule has 186 valence electrons. The van der Waals surface area contributed by atoms with Gasteiger partial charge in [0.15, 0.2) is 5.16 Å². The molecule has 2 aromatic heterocycles. The molecule has 0 bridgehead atoms. The summed E-state index contributed by atoms with van der Waals surface area (Å²) in [6.07, 6.45) is 4.56. The molecule has 1 atom stereocenters. The highest BCUT2D eigenvalue weighted by molar-refractivity contribution is 7.99. The van der Waals surface area contributed by atoms with Crippen LogP contribution in [0.4, 0.5) is 0 Å². The average molecular weight is 514 g/mol. The Morgan fingerprint density at radius 1 is 1.20 bits per heavy atom. The lowest BCUT2D eigenvalue weighted by Gasteiger charge is -2.27. The summed E-state index contributed by atoms with van der Waals surface area (Å²) >= 11 is 2.67. The molecule has 35 heavy (non-hydrogen) atoms. The summed E-state index contributed by atoms with van der Waals surface area (Å²) in [5, 5.41) is 14.7. The summed E-state index contributed by atoms with van der Waals surface area (Å²) in [4.78, 5) is 41.8. The van der Waals surface area contributed by atoms with E-state index in [0.717, 1.165) is 25.7 Å². The second-order valence-electron chi connectivity index (χ2n) is 9.28. The maximum Gasteiger partial charge on any atom is 0.306 e. The van der Waals surface area contributed by atoms with Crippen LogP contribution in [0.5, 0.6) is 0 Å². The highest BCUT2D eigenvalue weighted by atomic mass is 32.2. The number of aliphatic carboxylic acids is 1. The van der Waals surface area contributed by atoms with Crippen molar-refractivity contribution >= 4 is 45.2 Å². The second kappa shape index (κ2) is 11.9. The second-order valence-corrected chi connectivity index (χ2v) is 11.1. The Balaban J connectivity index is 1.38.